The zero-order valence-corrected chi connectivity index (χ0v) is 11.4. The quantitative estimate of drug-likeness (QED) is 0.894. The molecule has 7 heteroatoms. The molecule has 2 rings (SSSR count). The third-order valence-corrected chi connectivity index (χ3v) is 2.54. The first-order chi connectivity index (χ1) is 9.49. The van der Waals surface area contributed by atoms with Crippen LogP contribution >= 0.6 is 0 Å². The first-order valence-corrected chi connectivity index (χ1v) is 5.96. The summed E-state index contributed by atoms with van der Waals surface area (Å²) in [5.41, 5.74) is 1.56. The first-order valence-electron chi connectivity index (χ1n) is 5.96. The fourth-order valence-electron chi connectivity index (χ4n) is 1.76. The van der Waals surface area contributed by atoms with Crippen LogP contribution in [-0.2, 0) is 0 Å². The highest BCUT2D eigenvalue weighted by Crippen LogP contribution is 2.15. The Balaban J connectivity index is 2.30. The van der Waals surface area contributed by atoms with Gasteiger partial charge in [-0.05, 0) is 26.0 Å². The standard InChI is InChI=1S/C13H14FN5O/c1-7-4-8(2)18-13(17-7)19-12(20)10-5-9(14)6-16-11(10)15-3/h4-6H,1-3H3,(H,15,16)(H,17,18,19,20). The molecule has 104 valence electrons. The van der Waals surface area contributed by atoms with Crippen molar-refractivity contribution in [1.29, 1.82) is 0 Å². The van der Waals surface area contributed by atoms with Gasteiger partial charge < -0.3 is 5.32 Å². The number of aryl methyl sites for hydroxylation is 2. The van der Waals surface area contributed by atoms with Gasteiger partial charge in [0.25, 0.3) is 5.91 Å². The normalized spacial score (nSPS) is 10.2. The molecule has 2 aromatic heterocycles. The third kappa shape index (κ3) is 3.05. The van der Waals surface area contributed by atoms with Crippen LogP contribution in [0.2, 0.25) is 0 Å². The number of carbonyl (C=O) groups is 1. The number of amides is 1. The number of nitrogens with one attached hydrogen (secondary N) is 2. The number of hydrogen-bond acceptors (Lipinski definition) is 5. The molecule has 0 aliphatic rings. The number of halogens is 1. The van der Waals surface area contributed by atoms with Gasteiger partial charge in [-0.25, -0.2) is 19.3 Å². The van der Waals surface area contributed by atoms with Crippen LogP contribution in [0.3, 0.4) is 0 Å². The Kier molecular flexibility index (Phi) is 3.88. The lowest BCUT2D eigenvalue weighted by atomic mass is 10.2. The molecule has 0 radical (unpaired) electrons. The minimum atomic E-state index is -0.588. The average molecular weight is 275 g/mol. The van der Waals surface area contributed by atoms with Crippen LogP contribution in [0.1, 0.15) is 21.7 Å². The molecule has 0 saturated carbocycles. The van der Waals surface area contributed by atoms with Crippen LogP contribution in [0, 0.1) is 19.7 Å². The summed E-state index contributed by atoms with van der Waals surface area (Å²) in [6.45, 7) is 3.60. The molecule has 0 fully saturated rings. The molecule has 0 unspecified atom stereocenters. The van der Waals surface area contributed by atoms with E-state index in [0.717, 1.165) is 23.7 Å². The van der Waals surface area contributed by atoms with Crippen molar-refractivity contribution in [3.8, 4) is 0 Å². The van der Waals surface area contributed by atoms with Crippen molar-refractivity contribution in [2.75, 3.05) is 17.7 Å². The lowest BCUT2D eigenvalue weighted by Gasteiger charge is -2.09. The molecular formula is C13H14FN5O. The van der Waals surface area contributed by atoms with Crippen molar-refractivity contribution < 1.29 is 9.18 Å². The first kappa shape index (κ1) is 13.9. The molecule has 0 aliphatic heterocycles. The van der Waals surface area contributed by atoms with Gasteiger partial charge in [0.2, 0.25) is 5.95 Å². The van der Waals surface area contributed by atoms with Crippen molar-refractivity contribution in [3.63, 3.8) is 0 Å². The minimum Gasteiger partial charge on any atom is -0.372 e. The van der Waals surface area contributed by atoms with Gasteiger partial charge in [-0.3, -0.25) is 10.1 Å². The smallest absolute Gasteiger partial charge is 0.261 e. The lowest BCUT2D eigenvalue weighted by Crippen LogP contribution is -2.17. The van der Waals surface area contributed by atoms with Crippen LogP contribution in [0.15, 0.2) is 18.3 Å². The summed E-state index contributed by atoms with van der Waals surface area (Å²) < 4.78 is 13.2. The number of rotatable bonds is 3. The molecule has 6 nitrogen and oxygen atoms in total. The molecule has 1 amide bonds. The SMILES string of the molecule is CNc1ncc(F)cc1C(=O)Nc1nc(C)cc(C)n1. The Bertz CT molecular complexity index is 639. The van der Waals surface area contributed by atoms with Crippen molar-refractivity contribution in [1.82, 2.24) is 15.0 Å². The second-order valence-electron chi connectivity index (χ2n) is 4.23. The third-order valence-electron chi connectivity index (χ3n) is 2.54. The molecule has 0 aliphatic carbocycles. The summed E-state index contributed by atoms with van der Waals surface area (Å²) in [6.07, 6.45) is 1.04. The Morgan fingerprint density at radius 2 is 1.85 bits per heavy atom. The summed E-state index contributed by atoms with van der Waals surface area (Å²) in [5, 5.41) is 5.27. The van der Waals surface area contributed by atoms with Gasteiger partial charge in [-0.2, -0.15) is 0 Å². The topological polar surface area (TPSA) is 79.8 Å². The maximum absolute atomic E-state index is 13.2. The fourth-order valence-corrected chi connectivity index (χ4v) is 1.76. The number of nitrogens with zero attached hydrogens (tertiary/aromatic N) is 3. The van der Waals surface area contributed by atoms with E-state index in [1.165, 1.54) is 0 Å². The summed E-state index contributed by atoms with van der Waals surface area (Å²) in [7, 11) is 1.60. The molecule has 0 aromatic carbocycles. The van der Waals surface area contributed by atoms with E-state index in [1.807, 2.05) is 0 Å². The average Bonchev–Trinajstić information content (AvgIpc) is 2.37. The predicted molar refractivity (Wildman–Crippen MR) is 73.2 cm³/mol. The molecular weight excluding hydrogens is 261 g/mol. The monoisotopic (exact) mass is 275 g/mol. The van der Waals surface area contributed by atoms with Crippen molar-refractivity contribution in [3.05, 3.63) is 41.1 Å². The van der Waals surface area contributed by atoms with E-state index >= 15 is 0 Å². The number of anilines is 2. The van der Waals surface area contributed by atoms with Crippen LogP contribution < -0.4 is 10.6 Å². The van der Waals surface area contributed by atoms with E-state index in [0.29, 0.717) is 0 Å². The van der Waals surface area contributed by atoms with Gasteiger partial charge in [0.15, 0.2) is 0 Å². The summed E-state index contributed by atoms with van der Waals surface area (Å²) in [5.74, 6) is -0.645. The summed E-state index contributed by atoms with van der Waals surface area (Å²) in [4.78, 5) is 24.1. The van der Waals surface area contributed by atoms with Gasteiger partial charge in [0.1, 0.15) is 11.6 Å². The number of aromatic nitrogens is 3. The fraction of sp³-hybridized carbons (Fsp3) is 0.231. The minimum absolute atomic E-state index is 0.0928. The number of carbonyl (C=O) groups excluding carboxylic acids is 1. The van der Waals surface area contributed by atoms with Crippen LogP contribution in [0.25, 0.3) is 0 Å². The van der Waals surface area contributed by atoms with Crippen LogP contribution in [-0.4, -0.2) is 27.9 Å². The highest BCUT2D eigenvalue weighted by atomic mass is 19.1. The van der Waals surface area contributed by atoms with Crippen molar-refractivity contribution >= 4 is 17.7 Å². The second kappa shape index (κ2) is 5.60. The Hall–Kier alpha value is -2.57. The van der Waals surface area contributed by atoms with E-state index in [-0.39, 0.29) is 17.3 Å². The zero-order valence-electron chi connectivity index (χ0n) is 11.4. The van der Waals surface area contributed by atoms with Crippen LogP contribution in [0.4, 0.5) is 16.2 Å². The lowest BCUT2D eigenvalue weighted by molar-refractivity contribution is 0.102. The summed E-state index contributed by atoms with van der Waals surface area (Å²) in [6, 6.07) is 2.90. The highest BCUT2D eigenvalue weighted by Gasteiger charge is 2.15. The molecule has 2 heterocycles. The molecule has 20 heavy (non-hydrogen) atoms. The van der Waals surface area contributed by atoms with Gasteiger partial charge >= 0.3 is 0 Å². The highest BCUT2D eigenvalue weighted by molar-refractivity contribution is 6.06. The molecule has 0 atom stereocenters. The zero-order chi connectivity index (χ0) is 14.7. The Morgan fingerprint density at radius 3 is 2.45 bits per heavy atom. The van der Waals surface area contributed by atoms with E-state index in [2.05, 4.69) is 25.6 Å². The molecule has 2 N–H and O–H groups in total. The van der Waals surface area contributed by atoms with E-state index < -0.39 is 11.7 Å². The maximum Gasteiger partial charge on any atom is 0.261 e. The second-order valence-corrected chi connectivity index (χ2v) is 4.23. The molecule has 0 bridgehead atoms. The maximum atomic E-state index is 13.2. The van der Waals surface area contributed by atoms with Gasteiger partial charge in [-0.15, -0.1) is 0 Å². The predicted octanol–water partition coefficient (Wildman–Crippen LogP) is 1.92. The van der Waals surface area contributed by atoms with Crippen molar-refractivity contribution in [2.45, 2.75) is 13.8 Å². The van der Waals surface area contributed by atoms with Gasteiger partial charge in [0, 0.05) is 18.4 Å². The number of hydrogen-bond donors (Lipinski definition) is 2. The largest absolute Gasteiger partial charge is 0.372 e. The van der Waals surface area contributed by atoms with Gasteiger partial charge in [-0.1, -0.05) is 0 Å². The van der Waals surface area contributed by atoms with E-state index in [4.69, 9.17) is 0 Å². The number of pyridine rings is 1. The Labute approximate surface area is 115 Å². The van der Waals surface area contributed by atoms with E-state index in [9.17, 15) is 9.18 Å². The summed E-state index contributed by atoms with van der Waals surface area (Å²) >= 11 is 0. The van der Waals surface area contributed by atoms with Gasteiger partial charge in [0.05, 0.1) is 11.8 Å². The molecule has 0 saturated heterocycles. The Morgan fingerprint density at radius 1 is 1.20 bits per heavy atom. The molecule has 2 aromatic rings. The molecule has 0 spiro atoms. The van der Waals surface area contributed by atoms with Crippen LogP contribution in [0.5, 0.6) is 0 Å². The van der Waals surface area contributed by atoms with E-state index in [1.54, 1.807) is 27.0 Å². The van der Waals surface area contributed by atoms with Crippen molar-refractivity contribution in [2.24, 2.45) is 0 Å².